The minimum atomic E-state index is -4.59. The Morgan fingerprint density at radius 3 is 2.11 bits per heavy atom. The molecule has 0 heterocycles. The van der Waals surface area contributed by atoms with E-state index in [4.69, 9.17) is 9.79 Å². The molecule has 0 aromatic heterocycles. The highest BCUT2D eigenvalue weighted by atomic mass is 31.2. The molecule has 0 aliphatic carbocycles. The summed E-state index contributed by atoms with van der Waals surface area (Å²) in [7, 11) is -4.59. The first-order valence-corrected chi connectivity index (χ1v) is 15.3. The molecule has 0 spiro atoms. The number of nitrogens with one attached hydrogen (secondary N) is 2. The van der Waals surface area contributed by atoms with Crippen LogP contribution >= 0.6 is 7.82 Å². The van der Waals surface area contributed by atoms with Gasteiger partial charge >= 0.3 is 7.82 Å². The van der Waals surface area contributed by atoms with E-state index in [1.165, 1.54) is 57.8 Å². The van der Waals surface area contributed by atoms with Crippen molar-refractivity contribution in [1.29, 1.82) is 0 Å². The van der Waals surface area contributed by atoms with Crippen molar-refractivity contribution < 1.29 is 23.7 Å². The maximum atomic E-state index is 12.3. The van der Waals surface area contributed by atoms with E-state index < -0.39 is 13.9 Å². The van der Waals surface area contributed by atoms with Gasteiger partial charge < -0.3 is 20.4 Å². The van der Waals surface area contributed by atoms with Gasteiger partial charge in [0.25, 0.3) is 0 Å². The van der Waals surface area contributed by atoms with Gasteiger partial charge in [0, 0.05) is 19.5 Å². The van der Waals surface area contributed by atoms with Gasteiger partial charge in [0.2, 0.25) is 5.91 Å². The molecule has 1 aromatic carbocycles. The molecule has 1 atom stereocenters. The molecule has 0 aliphatic rings. The van der Waals surface area contributed by atoms with Gasteiger partial charge in [-0.2, -0.15) is 0 Å². The summed E-state index contributed by atoms with van der Waals surface area (Å²) in [4.78, 5) is 30.4. The van der Waals surface area contributed by atoms with Crippen LogP contribution in [-0.4, -0.2) is 34.9 Å². The molecule has 8 heteroatoms. The Bertz CT molecular complexity index is 739. The van der Waals surface area contributed by atoms with Gasteiger partial charge in [-0.05, 0) is 37.7 Å². The molecular formula is C28H49N2O5P. The van der Waals surface area contributed by atoms with E-state index in [2.05, 4.69) is 34.2 Å². The fraction of sp³-hybridized carbons (Fsp3) is 0.679. The highest BCUT2D eigenvalue weighted by Gasteiger charge is 2.19. The first kappa shape index (κ1) is 32.5. The molecule has 0 unspecified atom stereocenters. The van der Waals surface area contributed by atoms with Crippen LogP contribution in [0.1, 0.15) is 102 Å². The summed E-state index contributed by atoms with van der Waals surface area (Å²) >= 11 is 0. The monoisotopic (exact) mass is 524 g/mol. The fourth-order valence-corrected chi connectivity index (χ4v) is 4.36. The summed E-state index contributed by atoms with van der Waals surface area (Å²) in [5, 5.41) is 6.06. The summed E-state index contributed by atoms with van der Waals surface area (Å²) < 4.78 is 15.7. The summed E-state index contributed by atoms with van der Waals surface area (Å²) in [6, 6.07) is 9.29. The third kappa shape index (κ3) is 20.7. The second-order valence-corrected chi connectivity index (χ2v) is 10.7. The van der Waals surface area contributed by atoms with Crippen molar-refractivity contribution in [1.82, 2.24) is 10.6 Å². The number of phosphoric acid groups is 1. The maximum absolute atomic E-state index is 12.3. The highest BCUT2D eigenvalue weighted by molar-refractivity contribution is 7.46. The quantitative estimate of drug-likeness (QED) is 0.0749. The van der Waals surface area contributed by atoms with E-state index in [1.54, 1.807) is 0 Å². The number of hydrogen-bond donors (Lipinski definition) is 4. The Balaban J connectivity index is 2.11. The molecule has 4 N–H and O–H groups in total. The first-order valence-electron chi connectivity index (χ1n) is 13.8. The normalized spacial score (nSPS) is 12.8. The minimum absolute atomic E-state index is 0.117. The fourth-order valence-electron chi connectivity index (χ4n) is 3.98. The number of carbonyl (C=O) groups is 1. The second kappa shape index (κ2) is 21.6. The zero-order chi connectivity index (χ0) is 26.3. The van der Waals surface area contributed by atoms with Gasteiger partial charge in [-0.25, -0.2) is 4.57 Å². The maximum Gasteiger partial charge on any atom is 0.469 e. The molecule has 1 aromatic rings. The number of unbranched alkanes of at least 4 members (excludes halogenated alkanes) is 11. The van der Waals surface area contributed by atoms with Crippen molar-refractivity contribution in [2.75, 3.05) is 13.2 Å². The van der Waals surface area contributed by atoms with Crippen molar-refractivity contribution in [3.63, 3.8) is 0 Å². The summed E-state index contributed by atoms with van der Waals surface area (Å²) in [6.07, 6.45) is 20.7. The second-order valence-electron chi connectivity index (χ2n) is 9.50. The van der Waals surface area contributed by atoms with Crippen LogP contribution in [-0.2, 0) is 20.4 Å². The lowest BCUT2D eigenvalue weighted by atomic mass is 10.1. The largest absolute Gasteiger partial charge is 0.469 e. The Morgan fingerprint density at radius 1 is 0.917 bits per heavy atom. The van der Waals surface area contributed by atoms with E-state index >= 15 is 0 Å². The number of rotatable bonds is 23. The minimum Gasteiger partial charge on any atom is -0.350 e. The standard InChI is InChI=1S/C28H49N2O5P/c1-2-3-4-5-6-7-8-9-10-11-12-13-14-15-19-22-28(31)30-27(25-35-36(32,33)34)24-29-23-26-20-17-16-18-21-26/h9-10,16-18,20-21,27,29H,2-8,11-15,19,22-25H2,1H3,(H,30,31)(H2,32,33,34)/b10-9-/t27-/m1/s1. The lowest BCUT2D eigenvalue weighted by Crippen LogP contribution is -2.44. The molecule has 0 saturated heterocycles. The topological polar surface area (TPSA) is 108 Å². The molecule has 1 amide bonds. The molecule has 1 rings (SSSR count). The number of phosphoric ester groups is 1. The number of amides is 1. The molecule has 7 nitrogen and oxygen atoms in total. The number of hydrogen-bond acceptors (Lipinski definition) is 4. The molecule has 0 saturated carbocycles. The van der Waals surface area contributed by atoms with Gasteiger partial charge in [0.15, 0.2) is 0 Å². The van der Waals surface area contributed by atoms with Gasteiger partial charge in [-0.3, -0.25) is 9.32 Å². The Hall–Kier alpha value is -1.50. The highest BCUT2D eigenvalue weighted by Crippen LogP contribution is 2.35. The van der Waals surface area contributed by atoms with Crippen molar-refractivity contribution in [3.05, 3.63) is 48.0 Å². The first-order chi connectivity index (χ1) is 17.4. The Morgan fingerprint density at radius 2 is 1.50 bits per heavy atom. The van der Waals surface area contributed by atoms with Crippen LogP contribution in [0.5, 0.6) is 0 Å². The third-order valence-corrected chi connectivity index (χ3v) is 6.52. The van der Waals surface area contributed by atoms with Crippen molar-refractivity contribution in [2.45, 2.75) is 109 Å². The van der Waals surface area contributed by atoms with E-state index in [-0.39, 0.29) is 12.5 Å². The van der Waals surface area contributed by atoms with E-state index in [9.17, 15) is 9.36 Å². The Labute approximate surface area is 218 Å². The zero-order valence-corrected chi connectivity index (χ0v) is 23.1. The van der Waals surface area contributed by atoms with E-state index in [1.807, 2.05) is 30.3 Å². The van der Waals surface area contributed by atoms with Gasteiger partial charge in [-0.1, -0.05) is 101 Å². The molecular weight excluding hydrogens is 475 g/mol. The van der Waals surface area contributed by atoms with Crippen LogP contribution in [0.2, 0.25) is 0 Å². The van der Waals surface area contributed by atoms with Crippen LogP contribution in [0.4, 0.5) is 0 Å². The summed E-state index contributed by atoms with van der Waals surface area (Å²) in [5.41, 5.74) is 1.09. The van der Waals surface area contributed by atoms with Crippen LogP contribution in [0.3, 0.4) is 0 Å². The van der Waals surface area contributed by atoms with Gasteiger partial charge in [0.1, 0.15) is 0 Å². The molecule has 36 heavy (non-hydrogen) atoms. The molecule has 0 radical (unpaired) electrons. The van der Waals surface area contributed by atoms with Gasteiger partial charge in [0.05, 0.1) is 12.6 Å². The van der Waals surface area contributed by atoms with E-state index in [0.29, 0.717) is 19.5 Å². The van der Waals surface area contributed by atoms with E-state index in [0.717, 1.165) is 31.2 Å². The average Bonchev–Trinajstić information content (AvgIpc) is 2.85. The van der Waals surface area contributed by atoms with Crippen molar-refractivity contribution >= 4 is 13.7 Å². The lowest BCUT2D eigenvalue weighted by Gasteiger charge is -2.20. The summed E-state index contributed by atoms with van der Waals surface area (Å²) in [5.74, 6) is -0.117. The Kier molecular flexibility index (Phi) is 19.5. The van der Waals surface area contributed by atoms with Crippen molar-refractivity contribution in [2.24, 2.45) is 0 Å². The molecule has 0 aliphatic heterocycles. The SMILES string of the molecule is CCCCCCCC/C=C\CCCCCCCC(=O)N[C@H](CNCc1ccccc1)COP(=O)(O)O. The van der Waals surface area contributed by atoms with Crippen molar-refractivity contribution in [3.8, 4) is 0 Å². The van der Waals surface area contributed by atoms with Crippen LogP contribution in [0.15, 0.2) is 42.5 Å². The smallest absolute Gasteiger partial charge is 0.350 e. The lowest BCUT2D eigenvalue weighted by molar-refractivity contribution is -0.122. The van der Waals surface area contributed by atoms with Crippen LogP contribution in [0, 0.1) is 0 Å². The number of benzene rings is 1. The van der Waals surface area contributed by atoms with Crippen LogP contribution < -0.4 is 10.6 Å². The van der Waals surface area contributed by atoms with Crippen LogP contribution in [0.25, 0.3) is 0 Å². The molecule has 0 bridgehead atoms. The molecule has 0 fully saturated rings. The number of allylic oxidation sites excluding steroid dienone is 2. The average molecular weight is 525 g/mol. The third-order valence-electron chi connectivity index (χ3n) is 6.04. The number of carbonyl (C=O) groups excluding carboxylic acids is 1. The van der Waals surface area contributed by atoms with Gasteiger partial charge in [-0.15, -0.1) is 0 Å². The zero-order valence-electron chi connectivity index (χ0n) is 22.2. The predicted molar refractivity (Wildman–Crippen MR) is 148 cm³/mol. The molecule has 206 valence electrons. The summed E-state index contributed by atoms with van der Waals surface area (Å²) in [6.45, 7) is 2.95. The predicted octanol–water partition coefficient (Wildman–Crippen LogP) is 6.41.